The van der Waals surface area contributed by atoms with Gasteiger partial charge < -0.3 is 0 Å². The second-order valence-corrected chi connectivity index (χ2v) is 8.42. The van der Waals surface area contributed by atoms with Crippen LogP contribution in [-0.4, -0.2) is 5.78 Å². The van der Waals surface area contributed by atoms with Crippen molar-refractivity contribution in [2.45, 2.75) is 51.4 Å². The monoisotopic (exact) mass is 380 g/mol. The van der Waals surface area contributed by atoms with E-state index < -0.39 is 0 Å². The maximum absolute atomic E-state index is 12.3. The molecule has 106 valence electrons. The fourth-order valence-corrected chi connectivity index (χ4v) is 5.88. The average Bonchev–Trinajstić information content (AvgIpc) is 2.74. The number of fused-ring (bicyclic) bond motifs is 5. The van der Waals surface area contributed by atoms with Gasteiger partial charge in [-0.1, -0.05) is 13.0 Å². The quantitative estimate of drug-likeness (QED) is 0.596. The number of rotatable bonds is 0. The van der Waals surface area contributed by atoms with E-state index in [2.05, 4.69) is 47.7 Å². The zero-order valence-electron chi connectivity index (χ0n) is 12.0. The molecule has 4 atom stereocenters. The summed E-state index contributed by atoms with van der Waals surface area (Å²) in [4.78, 5) is 12.3. The van der Waals surface area contributed by atoms with Crippen molar-refractivity contribution >= 4 is 28.4 Å². The zero-order chi connectivity index (χ0) is 13.9. The Morgan fingerprint density at radius 3 is 2.90 bits per heavy atom. The molecule has 0 amide bonds. The third-order valence-electron chi connectivity index (χ3n) is 6.40. The highest BCUT2D eigenvalue weighted by atomic mass is 127. The first-order valence-corrected chi connectivity index (χ1v) is 8.99. The van der Waals surface area contributed by atoms with Gasteiger partial charge in [0.2, 0.25) is 0 Å². The third kappa shape index (κ3) is 1.76. The highest BCUT2D eigenvalue weighted by molar-refractivity contribution is 14.1. The largest absolute Gasteiger partial charge is 0.299 e. The minimum atomic E-state index is 0.0157. The number of ketones is 1. The Morgan fingerprint density at radius 2 is 2.05 bits per heavy atom. The van der Waals surface area contributed by atoms with Gasteiger partial charge in [-0.3, -0.25) is 4.79 Å². The van der Waals surface area contributed by atoms with Crippen LogP contribution in [-0.2, 0) is 11.2 Å². The van der Waals surface area contributed by atoms with Gasteiger partial charge in [0.25, 0.3) is 0 Å². The van der Waals surface area contributed by atoms with Crippen LogP contribution < -0.4 is 0 Å². The van der Waals surface area contributed by atoms with E-state index in [-0.39, 0.29) is 5.41 Å². The third-order valence-corrected chi connectivity index (χ3v) is 7.07. The minimum Gasteiger partial charge on any atom is -0.299 e. The Bertz CT molecular complexity index is 579. The number of Topliss-reactive ketones (excluding diaryl/α,β-unsaturated/α-hetero) is 1. The van der Waals surface area contributed by atoms with Crippen molar-refractivity contribution in [1.29, 1.82) is 0 Å². The molecule has 1 nitrogen and oxygen atoms in total. The molecule has 0 aromatic heterocycles. The van der Waals surface area contributed by atoms with Gasteiger partial charge in [0.05, 0.1) is 0 Å². The van der Waals surface area contributed by atoms with Crippen LogP contribution in [0.3, 0.4) is 0 Å². The van der Waals surface area contributed by atoms with E-state index >= 15 is 0 Å². The molecule has 2 saturated carbocycles. The topological polar surface area (TPSA) is 17.1 Å². The molecule has 0 radical (unpaired) electrons. The fourth-order valence-electron chi connectivity index (χ4n) is 5.32. The van der Waals surface area contributed by atoms with Crippen molar-refractivity contribution < 1.29 is 4.79 Å². The highest BCUT2D eigenvalue weighted by Gasteiger charge is 2.54. The van der Waals surface area contributed by atoms with Crippen LogP contribution in [0.1, 0.15) is 56.1 Å². The van der Waals surface area contributed by atoms with Crippen LogP contribution in [0.5, 0.6) is 0 Å². The van der Waals surface area contributed by atoms with Crippen molar-refractivity contribution in [3.8, 4) is 0 Å². The molecular weight excluding hydrogens is 359 g/mol. The summed E-state index contributed by atoms with van der Waals surface area (Å²) in [6, 6.07) is 7.00. The minimum absolute atomic E-state index is 0.0157. The van der Waals surface area contributed by atoms with Crippen LogP contribution in [0.25, 0.3) is 0 Å². The number of carbonyl (C=O) groups is 1. The van der Waals surface area contributed by atoms with Gasteiger partial charge in [-0.15, -0.1) is 0 Å². The van der Waals surface area contributed by atoms with Gasteiger partial charge in [-0.05, 0) is 95.7 Å². The van der Waals surface area contributed by atoms with Crippen LogP contribution >= 0.6 is 22.6 Å². The Morgan fingerprint density at radius 1 is 1.20 bits per heavy atom. The summed E-state index contributed by atoms with van der Waals surface area (Å²) in [6.45, 7) is 2.26. The second kappa shape index (κ2) is 4.56. The number of carbonyl (C=O) groups excluding carboxylic acids is 1. The summed E-state index contributed by atoms with van der Waals surface area (Å²) < 4.78 is 1.36. The summed E-state index contributed by atoms with van der Waals surface area (Å²) in [5.74, 6) is 2.68. The van der Waals surface area contributed by atoms with E-state index in [9.17, 15) is 4.79 Å². The molecule has 2 fully saturated rings. The molecule has 0 spiro atoms. The molecule has 0 heterocycles. The number of halogens is 1. The van der Waals surface area contributed by atoms with Gasteiger partial charge in [-0.25, -0.2) is 0 Å². The first-order chi connectivity index (χ1) is 9.59. The van der Waals surface area contributed by atoms with Gasteiger partial charge in [-0.2, -0.15) is 0 Å². The summed E-state index contributed by atoms with van der Waals surface area (Å²) in [7, 11) is 0. The van der Waals surface area contributed by atoms with E-state index in [1.807, 2.05) is 0 Å². The van der Waals surface area contributed by atoms with E-state index in [1.165, 1.54) is 22.8 Å². The average molecular weight is 380 g/mol. The van der Waals surface area contributed by atoms with Crippen LogP contribution in [0, 0.1) is 20.8 Å². The smallest absolute Gasteiger partial charge is 0.139 e. The van der Waals surface area contributed by atoms with E-state index in [1.54, 1.807) is 11.1 Å². The number of aryl methyl sites for hydroxylation is 1. The lowest BCUT2D eigenvalue weighted by Gasteiger charge is -2.48. The van der Waals surface area contributed by atoms with E-state index in [4.69, 9.17) is 0 Å². The maximum Gasteiger partial charge on any atom is 0.139 e. The standard InChI is InChI=1S/C18H21IO/c1-18-9-8-14-13-5-3-12(19)10-11(13)2-4-15(14)16(18)6-7-17(18)20/h3,5,10,14-16H,2,4,6-9H2,1H3/t14?,15?,16?,18-/m0/s1. The Balaban J connectivity index is 1.73. The lowest BCUT2D eigenvalue weighted by molar-refractivity contribution is -0.129. The second-order valence-electron chi connectivity index (χ2n) is 7.18. The Labute approximate surface area is 134 Å². The molecule has 2 heteroatoms. The summed E-state index contributed by atoms with van der Waals surface area (Å²) >= 11 is 2.42. The van der Waals surface area contributed by atoms with Crippen molar-refractivity contribution in [3.05, 3.63) is 32.9 Å². The van der Waals surface area contributed by atoms with Gasteiger partial charge >= 0.3 is 0 Å². The van der Waals surface area contributed by atoms with Gasteiger partial charge in [0, 0.05) is 15.4 Å². The Hall–Kier alpha value is -0.380. The SMILES string of the molecule is C[C@]12CCC3c4ccc(I)cc4CCC3C1CCC2=O. The van der Waals surface area contributed by atoms with E-state index in [0.717, 1.165) is 31.1 Å². The molecule has 0 saturated heterocycles. The van der Waals surface area contributed by atoms with Crippen molar-refractivity contribution in [2.24, 2.45) is 17.3 Å². The van der Waals surface area contributed by atoms with Gasteiger partial charge in [0.15, 0.2) is 0 Å². The predicted molar refractivity (Wildman–Crippen MR) is 88.8 cm³/mol. The van der Waals surface area contributed by atoms with Crippen LogP contribution in [0.15, 0.2) is 18.2 Å². The highest BCUT2D eigenvalue weighted by Crippen LogP contribution is 2.59. The van der Waals surface area contributed by atoms with Crippen LogP contribution in [0.2, 0.25) is 0 Å². The number of benzene rings is 1. The van der Waals surface area contributed by atoms with Crippen molar-refractivity contribution in [3.63, 3.8) is 0 Å². The normalized spacial score (nSPS) is 39.1. The van der Waals surface area contributed by atoms with E-state index in [0.29, 0.717) is 11.7 Å². The Kier molecular flexibility index (Phi) is 3.03. The van der Waals surface area contributed by atoms with Crippen LogP contribution in [0.4, 0.5) is 0 Å². The summed E-state index contributed by atoms with van der Waals surface area (Å²) in [5.41, 5.74) is 3.19. The summed E-state index contributed by atoms with van der Waals surface area (Å²) in [6.07, 6.45) is 6.83. The molecule has 3 unspecified atom stereocenters. The lowest BCUT2D eigenvalue weighted by atomic mass is 9.55. The predicted octanol–water partition coefficient (Wildman–Crippen LogP) is 4.72. The number of hydrogen-bond acceptors (Lipinski definition) is 1. The maximum atomic E-state index is 12.3. The molecule has 0 bridgehead atoms. The molecule has 1 aromatic carbocycles. The first-order valence-electron chi connectivity index (χ1n) is 7.91. The molecule has 3 aliphatic carbocycles. The molecular formula is C18H21IO. The molecule has 4 rings (SSSR count). The molecule has 0 N–H and O–H groups in total. The molecule has 0 aliphatic heterocycles. The molecule has 20 heavy (non-hydrogen) atoms. The van der Waals surface area contributed by atoms with Gasteiger partial charge in [0.1, 0.15) is 5.78 Å². The zero-order valence-corrected chi connectivity index (χ0v) is 14.2. The summed E-state index contributed by atoms with van der Waals surface area (Å²) in [5, 5.41) is 0. The first kappa shape index (κ1) is 13.3. The van der Waals surface area contributed by atoms with Crippen molar-refractivity contribution in [2.75, 3.05) is 0 Å². The fraction of sp³-hybridized carbons (Fsp3) is 0.611. The number of hydrogen-bond donors (Lipinski definition) is 0. The van der Waals surface area contributed by atoms with Crippen molar-refractivity contribution in [1.82, 2.24) is 0 Å². The lowest BCUT2D eigenvalue weighted by Crippen LogP contribution is -2.42. The molecule has 3 aliphatic rings. The molecule has 1 aromatic rings.